The number of ether oxygens (including phenoxy) is 2. The number of morpholine rings is 1. The number of halogens is 1. The molecule has 10 heavy (non-hydrogen) atoms. The molecule has 0 radical (unpaired) electrons. The van der Waals surface area contributed by atoms with Crippen LogP contribution in [0.5, 0.6) is 0 Å². The number of rotatable bonds is 2. The first kappa shape index (κ1) is 10.2. The van der Waals surface area contributed by atoms with E-state index in [-0.39, 0.29) is 12.4 Å². The van der Waals surface area contributed by atoms with Crippen molar-refractivity contribution in [1.29, 1.82) is 0 Å². The summed E-state index contributed by atoms with van der Waals surface area (Å²) < 4.78 is 10.1. The summed E-state index contributed by atoms with van der Waals surface area (Å²) in [5.74, 6) is 0. The van der Waals surface area contributed by atoms with Gasteiger partial charge in [0.2, 0.25) is 0 Å². The maximum atomic E-state index is 5.19. The van der Waals surface area contributed by atoms with E-state index in [1.54, 1.807) is 7.11 Å². The van der Waals surface area contributed by atoms with Crippen molar-refractivity contribution >= 4 is 12.4 Å². The van der Waals surface area contributed by atoms with Crippen LogP contribution >= 0.6 is 12.4 Å². The van der Waals surface area contributed by atoms with Gasteiger partial charge >= 0.3 is 0 Å². The highest BCUT2D eigenvalue weighted by atomic mass is 35.5. The van der Waals surface area contributed by atoms with Crippen LogP contribution in [-0.2, 0) is 9.47 Å². The molecule has 0 spiro atoms. The van der Waals surface area contributed by atoms with Crippen LogP contribution in [0, 0.1) is 0 Å². The number of methoxy groups -OCH3 is 1. The highest BCUT2D eigenvalue weighted by Crippen LogP contribution is 1.91. The zero-order valence-corrected chi connectivity index (χ0v) is 6.95. The van der Waals surface area contributed by atoms with Gasteiger partial charge < -0.3 is 14.8 Å². The van der Waals surface area contributed by atoms with Crippen molar-refractivity contribution in [2.24, 2.45) is 0 Å². The molecule has 1 aliphatic heterocycles. The Kier molecular flexibility index (Phi) is 6.02. The van der Waals surface area contributed by atoms with Crippen molar-refractivity contribution in [2.45, 2.75) is 6.04 Å². The fourth-order valence-electron chi connectivity index (χ4n) is 0.928. The average molecular weight is 168 g/mol. The first-order chi connectivity index (χ1) is 4.43. The summed E-state index contributed by atoms with van der Waals surface area (Å²) in [6.45, 7) is 3.32. The van der Waals surface area contributed by atoms with Gasteiger partial charge in [-0.3, -0.25) is 0 Å². The number of hydrogen-bond acceptors (Lipinski definition) is 3. The summed E-state index contributed by atoms with van der Waals surface area (Å²) >= 11 is 0. The van der Waals surface area contributed by atoms with Crippen molar-refractivity contribution in [3.8, 4) is 0 Å². The fraction of sp³-hybridized carbons (Fsp3) is 1.00. The molecule has 1 aliphatic rings. The van der Waals surface area contributed by atoms with Crippen LogP contribution in [0.3, 0.4) is 0 Å². The molecule has 62 valence electrons. The second-order valence-corrected chi connectivity index (χ2v) is 2.18. The molecule has 0 saturated carbocycles. The molecule has 0 bridgehead atoms. The molecule has 1 N–H and O–H groups in total. The third kappa shape index (κ3) is 3.37. The molecular formula is C6H14ClNO2. The van der Waals surface area contributed by atoms with Gasteiger partial charge in [0.25, 0.3) is 0 Å². The van der Waals surface area contributed by atoms with E-state index >= 15 is 0 Å². The summed E-state index contributed by atoms with van der Waals surface area (Å²) in [7, 11) is 1.70. The fourth-order valence-corrected chi connectivity index (χ4v) is 0.928. The van der Waals surface area contributed by atoms with Crippen molar-refractivity contribution in [3.05, 3.63) is 0 Å². The van der Waals surface area contributed by atoms with E-state index in [2.05, 4.69) is 5.32 Å². The van der Waals surface area contributed by atoms with E-state index in [1.807, 2.05) is 0 Å². The minimum atomic E-state index is 0. The van der Waals surface area contributed by atoms with Crippen LogP contribution in [0.25, 0.3) is 0 Å². The van der Waals surface area contributed by atoms with Gasteiger partial charge in [-0.25, -0.2) is 0 Å². The molecule has 0 aromatic heterocycles. The molecule has 0 aromatic carbocycles. The van der Waals surface area contributed by atoms with E-state index in [0.29, 0.717) is 6.04 Å². The molecule has 1 fully saturated rings. The van der Waals surface area contributed by atoms with Crippen molar-refractivity contribution < 1.29 is 9.47 Å². The SMILES string of the molecule is COC[C@@H]1COCCN1.Cl. The molecule has 0 amide bonds. The van der Waals surface area contributed by atoms with Crippen LogP contribution in [0.15, 0.2) is 0 Å². The van der Waals surface area contributed by atoms with E-state index in [4.69, 9.17) is 9.47 Å². The van der Waals surface area contributed by atoms with Gasteiger partial charge in [-0.05, 0) is 0 Å². The highest BCUT2D eigenvalue weighted by molar-refractivity contribution is 5.85. The monoisotopic (exact) mass is 167 g/mol. The van der Waals surface area contributed by atoms with Gasteiger partial charge in [0, 0.05) is 13.7 Å². The summed E-state index contributed by atoms with van der Waals surface area (Å²) in [4.78, 5) is 0. The predicted octanol–water partition coefficient (Wildman–Crippen LogP) is 0.0430. The van der Waals surface area contributed by atoms with Gasteiger partial charge in [-0.15, -0.1) is 12.4 Å². The van der Waals surface area contributed by atoms with Crippen LogP contribution in [0.4, 0.5) is 0 Å². The minimum absolute atomic E-state index is 0. The largest absolute Gasteiger partial charge is 0.383 e. The van der Waals surface area contributed by atoms with Crippen molar-refractivity contribution in [3.63, 3.8) is 0 Å². The predicted molar refractivity (Wildman–Crippen MR) is 41.7 cm³/mol. The first-order valence-corrected chi connectivity index (χ1v) is 3.23. The molecule has 0 aromatic rings. The van der Waals surface area contributed by atoms with Gasteiger partial charge in [0.05, 0.1) is 25.9 Å². The molecule has 1 heterocycles. The molecule has 1 atom stereocenters. The Morgan fingerprint density at radius 1 is 1.70 bits per heavy atom. The quantitative estimate of drug-likeness (QED) is 0.630. The lowest BCUT2D eigenvalue weighted by molar-refractivity contribution is 0.0432. The van der Waals surface area contributed by atoms with Crippen LogP contribution in [-0.4, -0.2) is 39.5 Å². The summed E-state index contributed by atoms with van der Waals surface area (Å²) in [6, 6.07) is 0.406. The van der Waals surface area contributed by atoms with Gasteiger partial charge in [-0.1, -0.05) is 0 Å². The average Bonchev–Trinajstić information content (AvgIpc) is 1.91. The topological polar surface area (TPSA) is 30.5 Å². The second kappa shape index (κ2) is 5.92. The number of hydrogen-bond donors (Lipinski definition) is 1. The third-order valence-electron chi connectivity index (χ3n) is 1.37. The molecule has 3 nitrogen and oxygen atoms in total. The maximum Gasteiger partial charge on any atom is 0.0642 e. The summed E-state index contributed by atoms with van der Waals surface area (Å²) in [6.07, 6.45) is 0. The highest BCUT2D eigenvalue weighted by Gasteiger charge is 2.10. The van der Waals surface area contributed by atoms with Crippen molar-refractivity contribution in [2.75, 3.05) is 33.5 Å². The van der Waals surface area contributed by atoms with Gasteiger partial charge in [0.1, 0.15) is 0 Å². The zero-order chi connectivity index (χ0) is 6.53. The molecular weight excluding hydrogens is 154 g/mol. The lowest BCUT2D eigenvalue weighted by Gasteiger charge is -2.22. The smallest absolute Gasteiger partial charge is 0.0642 e. The van der Waals surface area contributed by atoms with Crippen molar-refractivity contribution in [1.82, 2.24) is 5.32 Å². The Morgan fingerprint density at radius 2 is 2.50 bits per heavy atom. The maximum absolute atomic E-state index is 5.19. The second-order valence-electron chi connectivity index (χ2n) is 2.18. The van der Waals surface area contributed by atoms with Crippen LogP contribution in [0.2, 0.25) is 0 Å². The Morgan fingerprint density at radius 3 is 3.00 bits per heavy atom. The lowest BCUT2D eigenvalue weighted by atomic mass is 10.3. The van der Waals surface area contributed by atoms with E-state index in [1.165, 1.54) is 0 Å². The van der Waals surface area contributed by atoms with Crippen LogP contribution in [0.1, 0.15) is 0 Å². The Balaban J connectivity index is 0.000000810. The Bertz CT molecular complexity index is 73.4. The molecule has 1 saturated heterocycles. The van der Waals surface area contributed by atoms with Gasteiger partial charge in [0.15, 0.2) is 0 Å². The first-order valence-electron chi connectivity index (χ1n) is 3.23. The van der Waals surface area contributed by atoms with E-state index in [9.17, 15) is 0 Å². The zero-order valence-electron chi connectivity index (χ0n) is 6.13. The lowest BCUT2D eigenvalue weighted by Crippen LogP contribution is -2.43. The third-order valence-corrected chi connectivity index (χ3v) is 1.37. The molecule has 0 aliphatic carbocycles. The molecule has 4 heteroatoms. The minimum Gasteiger partial charge on any atom is -0.383 e. The number of nitrogens with one attached hydrogen (secondary N) is 1. The summed E-state index contributed by atoms with van der Waals surface area (Å²) in [5.41, 5.74) is 0. The normalized spacial score (nSPS) is 25.5. The summed E-state index contributed by atoms with van der Waals surface area (Å²) in [5, 5.41) is 3.27. The Hall–Kier alpha value is 0.170. The molecule has 0 unspecified atom stereocenters. The Labute approximate surface area is 67.5 Å². The van der Waals surface area contributed by atoms with Gasteiger partial charge in [-0.2, -0.15) is 0 Å². The van der Waals surface area contributed by atoms with E-state index < -0.39 is 0 Å². The van der Waals surface area contributed by atoms with E-state index in [0.717, 1.165) is 26.4 Å². The standard InChI is InChI=1S/C6H13NO2.ClH/c1-8-4-6-5-9-3-2-7-6;/h6-7H,2-5H2,1H3;1H/t6-;/m1./s1. The molecule has 1 rings (SSSR count). The van der Waals surface area contributed by atoms with Crippen LogP contribution < -0.4 is 5.32 Å².